The maximum absolute atomic E-state index is 13.9. The van der Waals surface area contributed by atoms with Crippen molar-refractivity contribution in [3.63, 3.8) is 0 Å². The summed E-state index contributed by atoms with van der Waals surface area (Å²) >= 11 is 0. The van der Waals surface area contributed by atoms with Crippen molar-refractivity contribution in [2.45, 2.75) is 37.6 Å². The van der Waals surface area contributed by atoms with E-state index in [0.717, 1.165) is 0 Å². The molecule has 12 nitrogen and oxygen atoms in total. The number of aromatic nitrogens is 2. The molecule has 0 spiro atoms. The van der Waals surface area contributed by atoms with Crippen molar-refractivity contribution in [1.29, 1.82) is 0 Å². The first-order valence-corrected chi connectivity index (χ1v) is 12.7. The van der Waals surface area contributed by atoms with Crippen LogP contribution in [0.15, 0.2) is 12.3 Å². The minimum atomic E-state index is -4.65. The van der Waals surface area contributed by atoms with Gasteiger partial charge in [-0.1, -0.05) is 0 Å². The minimum absolute atomic E-state index is 0.0436. The molecule has 41 heavy (non-hydrogen) atoms. The molecule has 1 aromatic carbocycles. The zero-order valence-corrected chi connectivity index (χ0v) is 21.8. The Balaban J connectivity index is 1.52. The van der Waals surface area contributed by atoms with Gasteiger partial charge in [-0.3, -0.25) is 24.0 Å². The SMILES string of the molecule is CN(C)c1cc(CNc2ncc(C(F)(F)F)[nH]2)c(O)c2c1C[C@H]1C[C@H]3CC(=O)C(C(N)=O)C(=O)[C@@]3(O)C(=O)C1C2=O. The van der Waals surface area contributed by atoms with Crippen LogP contribution in [0, 0.1) is 23.7 Å². The number of aromatic hydroxyl groups is 1. The van der Waals surface area contributed by atoms with E-state index in [1.807, 2.05) is 0 Å². The predicted octanol–water partition coefficient (Wildman–Crippen LogP) is 0.747. The number of nitrogens with two attached hydrogens (primary N) is 1. The second-order valence-corrected chi connectivity index (χ2v) is 10.9. The smallest absolute Gasteiger partial charge is 0.432 e. The molecule has 5 rings (SSSR count). The van der Waals surface area contributed by atoms with E-state index >= 15 is 0 Å². The van der Waals surface area contributed by atoms with Crippen molar-refractivity contribution in [2.24, 2.45) is 29.4 Å². The number of primary amides is 1. The largest absolute Gasteiger partial charge is 0.507 e. The Morgan fingerprint density at radius 2 is 1.90 bits per heavy atom. The monoisotopic (exact) mass is 577 g/mol. The number of imidazole rings is 1. The van der Waals surface area contributed by atoms with Crippen LogP contribution >= 0.6 is 0 Å². The fourth-order valence-corrected chi connectivity index (χ4v) is 6.34. The standard InChI is InChI=1S/C26H26F3N5O7/c1-34(2)13-5-10(7-31-24-32-8-15(33-24)26(27,28)29)19(36)17-12(13)4-9-3-11-6-14(35)18(23(30)40)22(39)25(11,41)21(38)16(9)20(17)37/h5,8-9,11,16,18,36,41H,3-4,6-7H2,1-2H3,(H2,30,40)(H2,31,32,33)/t9-,11+,16?,18?,25+/m1/s1. The number of phenolic OH excluding ortho intramolecular Hbond substituents is 1. The predicted molar refractivity (Wildman–Crippen MR) is 134 cm³/mol. The number of anilines is 2. The van der Waals surface area contributed by atoms with Crippen molar-refractivity contribution in [1.82, 2.24) is 9.97 Å². The van der Waals surface area contributed by atoms with Crippen LogP contribution in [0.2, 0.25) is 0 Å². The molecule has 3 aliphatic carbocycles. The van der Waals surface area contributed by atoms with Crippen LogP contribution in [0.3, 0.4) is 0 Å². The van der Waals surface area contributed by atoms with Gasteiger partial charge in [0.1, 0.15) is 11.4 Å². The number of carbonyl (C=O) groups excluding carboxylic acids is 5. The molecular formula is C26H26F3N5O7. The van der Waals surface area contributed by atoms with E-state index in [2.05, 4.69) is 15.3 Å². The number of hydrogen-bond donors (Lipinski definition) is 5. The number of H-pyrrole nitrogens is 1. The summed E-state index contributed by atoms with van der Waals surface area (Å²) in [6.07, 6.45) is -4.45. The third-order valence-corrected chi connectivity index (χ3v) is 8.27. The van der Waals surface area contributed by atoms with Gasteiger partial charge in [-0.2, -0.15) is 13.2 Å². The number of aromatic amines is 1. The van der Waals surface area contributed by atoms with Crippen molar-refractivity contribution >= 4 is 40.7 Å². The maximum Gasteiger partial charge on any atom is 0.432 e. The zero-order chi connectivity index (χ0) is 30.2. The lowest BCUT2D eigenvalue weighted by molar-refractivity contribution is -0.175. The number of carbonyl (C=O) groups is 5. The van der Waals surface area contributed by atoms with Crippen LogP contribution in [0.4, 0.5) is 24.8 Å². The lowest BCUT2D eigenvalue weighted by atomic mass is 9.53. The minimum Gasteiger partial charge on any atom is -0.507 e. The Hall–Kier alpha value is -4.27. The molecule has 0 radical (unpaired) electrons. The second-order valence-electron chi connectivity index (χ2n) is 10.9. The number of Topliss-reactive ketones (excluding diaryl/α,β-unsaturated/α-hetero) is 4. The molecule has 15 heteroatoms. The van der Waals surface area contributed by atoms with Gasteiger partial charge in [-0.05, 0) is 30.4 Å². The molecule has 0 saturated heterocycles. The number of phenols is 1. The molecule has 1 aromatic heterocycles. The molecule has 218 valence electrons. The summed E-state index contributed by atoms with van der Waals surface area (Å²) in [5, 5.41) is 25.1. The molecule has 0 bridgehead atoms. The van der Waals surface area contributed by atoms with Gasteiger partial charge < -0.3 is 31.1 Å². The Morgan fingerprint density at radius 1 is 1.22 bits per heavy atom. The van der Waals surface area contributed by atoms with Crippen LogP contribution in [-0.2, 0) is 38.3 Å². The van der Waals surface area contributed by atoms with Crippen molar-refractivity contribution < 1.29 is 47.4 Å². The number of ketones is 4. The molecular weight excluding hydrogens is 551 g/mol. The normalized spacial score (nSPS) is 27.7. The summed E-state index contributed by atoms with van der Waals surface area (Å²) in [6.45, 7) is -0.257. The van der Waals surface area contributed by atoms with Gasteiger partial charge in [0.25, 0.3) is 0 Å². The Bertz CT molecular complexity index is 1520. The van der Waals surface area contributed by atoms with Crippen LogP contribution < -0.4 is 16.0 Å². The number of halogens is 3. The van der Waals surface area contributed by atoms with Gasteiger partial charge in [-0.15, -0.1) is 0 Å². The highest BCUT2D eigenvalue weighted by molar-refractivity contribution is 6.31. The summed E-state index contributed by atoms with van der Waals surface area (Å²) in [6, 6.07) is 1.55. The molecule has 0 aliphatic heterocycles. The molecule has 3 aliphatic rings. The quantitative estimate of drug-likeness (QED) is 0.316. The van der Waals surface area contributed by atoms with Crippen LogP contribution in [0.25, 0.3) is 0 Å². The van der Waals surface area contributed by atoms with Crippen molar-refractivity contribution in [3.05, 3.63) is 34.6 Å². The summed E-state index contributed by atoms with van der Waals surface area (Å²) in [7, 11) is 3.35. The molecule has 2 fully saturated rings. The van der Waals surface area contributed by atoms with E-state index in [1.165, 1.54) is 0 Å². The first kappa shape index (κ1) is 28.3. The van der Waals surface area contributed by atoms with Gasteiger partial charge in [-0.25, -0.2) is 4.98 Å². The first-order chi connectivity index (χ1) is 19.1. The third-order valence-electron chi connectivity index (χ3n) is 8.27. The van der Waals surface area contributed by atoms with Crippen molar-refractivity contribution in [3.8, 4) is 5.75 Å². The lowest BCUT2D eigenvalue weighted by Crippen LogP contribution is -2.68. The Labute approximate surface area is 230 Å². The number of amides is 1. The molecule has 6 N–H and O–H groups in total. The van der Waals surface area contributed by atoms with Gasteiger partial charge in [0, 0.05) is 44.2 Å². The number of nitrogens with zero attached hydrogens (tertiary/aromatic N) is 2. The number of fused-ring (bicyclic) bond motifs is 3. The van der Waals surface area contributed by atoms with Gasteiger partial charge >= 0.3 is 6.18 Å². The molecule has 5 atom stereocenters. The summed E-state index contributed by atoms with van der Waals surface area (Å²) < 4.78 is 38.7. The van der Waals surface area contributed by atoms with E-state index in [9.17, 15) is 47.4 Å². The highest BCUT2D eigenvalue weighted by Gasteiger charge is 2.66. The fraction of sp³-hybridized carbons (Fsp3) is 0.462. The fourth-order valence-electron chi connectivity index (χ4n) is 6.34. The molecule has 1 heterocycles. The van der Waals surface area contributed by atoms with E-state index in [1.54, 1.807) is 25.1 Å². The lowest BCUT2D eigenvalue weighted by Gasteiger charge is -2.48. The average molecular weight is 578 g/mol. The van der Waals surface area contributed by atoms with Crippen LogP contribution in [-0.4, -0.2) is 68.9 Å². The number of aliphatic hydroxyl groups is 1. The Morgan fingerprint density at radius 3 is 2.49 bits per heavy atom. The third kappa shape index (κ3) is 4.26. The van der Waals surface area contributed by atoms with Gasteiger partial charge in [0.15, 0.2) is 34.7 Å². The van der Waals surface area contributed by atoms with E-state index < -0.39 is 82.4 Å². The number of hydrogen-bond acceptors (Lipinski definition) is 10. The van der Waals surface area contributed by atoms with Crippen LogP contribution in [0.5, 0.6) is 5.75 Å². The number of rotatable bonds is 5. The highest BCUT2D eigenvalue weighted by Crippen LogP contribution is 2.51. The Kier molecular flexibility index (Phi) is 6.48. The van der Waals surface area contributed by atoms with E-state index in [4.69, 9.17) is 5.73 Å². The number of nitrogens with one attached hydrogen (secondary N) is 2. The first-order valence-electron chi connectivity index (χ1n) is 12.7. The molecule has 2 unspecified atom stereocenters. The second kappa shape index (κ2) is 9.39. The molecule has 2 saturated carbocycles. The number of benzene rings is 1. The maximum atomic E-state index is 13.9. The molecule has 1 amide bonds. The number of alkyl halides is 3. The summed E-state index contributed by atoms with van der Waals surface area (Å²) in [4.78, 5) is 72.2. The van der Waals surface area contributed by atoms with E-state index in [-0.39, 0.29) is 36.5 Å². The van der Waals surface area contributed by atoms with Gasteiger partial charge in [0.05, 0.1) is 17.7 Å². The topological polar surface area (TPSA) is 196 Å². The van der Waals surface area contributed by atoms with Crippen LogP contribution in [0.1, 0.15) is 40.0 Å². The zero-order valence-electron chi connectivity index (χ0n) is 21.8. The molecule has 2 aromatic rings. The summed E-state index contributed by atoms with van der Waals surface area (Å²) in [5.74, 6) is -11.6. The van der Waals surface area contributed by atoms with Crippen molar-refractivity contribution in [2.75, 3.05) is 24.3 Å². The van der Waals surface area contributed by atoms with Gasteiger partial charge in [0.2, 0.25) is 11.9 Å². The highest BCUT2D eigenvalue weighted by atomic mass is 19.4. The van der Waals surface area contributed by atoms with E-state index in [0.29, 0.717) is 17.4 Å². The average Bonchev–Trinajstić information content (AvgIpc) is 3.35. The summed E-state index contributed by atoms with van der Waals surface area (Å²) in [5.41, 5.74) is 2.13.